The number of rotatable bonds is 5. The van der Waals surface area contributed by atoms with Crippen molar-refractivity contribution in [3.05, 3.63) is 23.8 Å². The molecule has 1 aromatic carbocycles. The Labute approximate surface area is 129 Å². The lowest BCUT2D eigenvalue weighted by Gasteiger charge is -2.35. The van der Waals surface area contributed by atoms with E-state index in [1.54, 1.807) is 13.2 Å². The lowest BCUT2D eigenvalue weighted by atomic mass is 9.96. The minimum Gasteiger partial charge on any atom is -0.504 e. The van der Waals surface area contributed by atoms with E-state index in [0.29, 0.717) is 11.8 Å². The molecule has 21 heavy (non-hydrogen) atoms. The molecular weight excluding hydrogens is 262 g/mol. The Bertz CT molecular complexity index is 425. The minimum atomic E-state index is 0. The zero-order chi connectivity index (χ0) is 14.5. The highest BCUT2D eigenvalue weighted by atomic mass is 16.5. The van der Waals surface area contributed by atoms with Gasteiger partial charge in [0, 0.05) is 6.04 Å². The molecule has 2 rings (SSSR count). The van der Waals surface area contributed by atoms with Gasteiger partial charge in [0.05, 0.1) is 7.11 Å². The summed E-state index contributed by atoms with van der Waals surface area (Å²) in [6.07, 6.45) is 4.85. The second-order valence-corrected chi connectivity index (χ2v) is 6.11. The number of hydrogen-bond acceptors (Lipinski definition) is 3. The molecule has 0 aromatic heterocycles. The molecule has 0 saturated carbocycles. The fourth-order valence-electron chi connectivity index (χ4n) is 2.91. The summed E-state index contributed by atoms with van der Waals surface area (Å²) < 4.78 is 5.16. The first kappa shape index (κ1) is 17.8. The van der Waals surface area contributed by atoms with E-state index in [4.69, 9.17) is 4.74 Å². The van der Waals surface area contributed by atoms with Crippen LogP contribution in [0.5, 0.6) is 11.5 Å². The molecule has 1 N–H and O–H groups in total. The van der Waals surface area contributed by atoms with Crippen molar-refractivity contribution in [2.75, 3.05) is 20.2 Å². The van der Waals surface area contributed by atoms with Crippen LogP contribution in [0.2, 0.25) is 0 Å². The zero-order valence-electron chi connectivity index (χ0n) is 12.9. The van der Waals surface area contributed by atoms with Gasteiger partial charge in [-0.05, 0) is 69.3 Å². The third-order valence-electron chi connectivity index (χ3n) is 4.54. The van der Waals surface area contributed by atoms with Crippen molar-refractivity contribution >= 4 is 0 Å². The highest BCUT2D eigenvalue weighted by molar-refractivity contribution is 5.41. The number of phenolic OH excluding ortho intramolecular Hbond substituents is 1. The molecule has 1 aromatic rings. The van der Waals surface area contributed by atoms with Crippen LogP contribution in [0.15, 0.2) is 18.2 Å². The average molecular weight is 293 g/mol. The molecule has 0 amide bonds. The molecule has 3 nitrogen and oxygen atoms in total. The third kappa shape index (κ3) is 4.92. The van der Waals surface area contributed by atoms with Crippen molar-refractivity contribution in [2.24, 2.45) is 5.92 Å². The Morgan fingerprint density at radius 2 is 2.00 bits per heavy atom. The number of phenols is 1. The Morgan fingerprint density at radius 3 is 2.62 bits per heavy atom. The molecular formula is C18H31NO2. The molecule has 0 radical (unpaired) electrons. The summed E-state index contributed by atoms with van der Waals surface area (Å²) in [6, 6.07) is 6.28. The molecule has 1 unspecified atom stereocenters. The first-order valence-electron chi connectivity index (χ1n) is 7.70. The maximum Gasteiger partial charge on any atom is 0.160 e. The van der Waals surface area contributed by atoms with Crippen LogP contribution in [0.1, 0.15) is 46.1 Å². The van der Waals surface area contributed by atoms with E-state index in [0.717, 1.165) is 18.8 Å². The summed E-state index contributed by atoms with van der Waals surface area (Å²) in [5.41, 5.74) is 1.23. The molecule has 1 fully saturated rings. The fourth-order valence-corrected chi connectivity index (χ4v) is 2.91. The normalized spacial score (nSPS) is 18.0. The van der Waals surface area contributed by atoms with Gasteiger partial charge in [-0.15, -0.1) is 0 Å². The molecule has 120 valence electrons. The molecule has 1 aliphatic heterocycles. The van der Waals surface area contributed by atoms with E-state index in [-0.39, 0.29) is 13.2 Å². The summed E-state index contributed by atoms with van der Waals surface area (Å²) in [5.74, 6) is 1.68. The lowest BCUT2D eigenvalue weighted by Crippen LogP contribution is -2.39. The van der Waals surface area contributed by atoms with Crippen LogP contribution in [0.25, 0.3) is 0 Å². The smallest absolute Gasteiger partial charge is 0.160 e. The average Bonchev–Trinajstić information content (AvgIpc) is 2.46. The molecule has 0 spiro atoms. The molecule has 1 aliphatic rings. The van der Waals surface area contributed by atoms with Crippen LogP contribution in [-0.4, -0.2) is 36.2 Å². The summed E-state index contributed by atoms with van der Waals surface area (Å²) >= 11 is 0. The minimum absolute atomic E-state index is 0. The topological polar surface area (TPSA) is 32.7 Å². The van der Waals surface area contributed by atoms with E-state index in [9.17, 15) is 5.11 Å². The van der Waals surface area contributed by atoms with Crippen LogP contribution in [0.3, 0.4) is 0 Å². The predicted molar refractivity (Wildman–Crippen MR) is 89.1 cm³/mol. The summed E-state index contributed by atoms with van der Waals surface area (Å²) in [5, 5.41) is 9.61. The van der Waals surface area contributed by atoms with Gasteiger partial charge >= 0.3 is 0 Å². The summed E-state index contributed by atoms with van der Waals surface area (Å²) in [7, 11) is 1.59. The number of ether oxygens (including phenoxy) is 1. The van der Waals surface area contributed by atoms with Crippen LogP contribution in [0, 0.1) is 5.92 Å². The third-order valence-corrected chi connectivity index (χ3v) is 4.54. The van der Waals surface area contributed by atoms with Gasteiger partial charge in [0.15, 0.2) is 11.5 Å². The maximum absolute atomic E-state index is 9.61. The Balaban J connectivity index is 0.00000220. The fraction of sp³-hybridized carbons (Fsp3) is 0.667. The largest absolute Gasteiger partial charge is 0.504 e. The quantitative estimate of drug-likeness (QED) is 0.887. The van der Waals surface area contributed by atoms with Gasteiger partial charge in [-0.1, -0.05) is 20.4 Å². The molecule has 1 heterocycles. The molecule has 3 heteroatoms. The monoisotopic (exact) mass is 293 g/mol. The van der Waals surface area contributed by atoms with Crippen molar-refractivity contribution in [1.29, 1.82) is 0 Å². The Morgan fingerprint density at radius 1 is 1.33 bits per heavy atom. The Kier molecular flexibility index (Phi) is 7.03. The highest BCUT2D eigenvalue weighted by Crippen LogP contribution is 2.27. The highest BCUT2D eigenvalue weighted by Gasteiger charge is 2.20. The maximum atomic E-state index is 9.61. The van der Waals surface area contributed by atoms with Crippen LogP contribution < -0.4 is 4.74 Å². The number of likely N-dealkylation sites (tertiary alicyclic amines) is 1. The number of methoxy groups -OCH3 is 1. The van der Waals surface area contributed by atoms with Gasteiger partial charge in [-0.3, -0.25) is 0 Å². The van der Waals surface area contributed by atoms with E-state index >= 15 is 0 Å². The van der Waals surface area contributed by atoms with E-state index in [2.05, 4.69) is 18.7 Å². The van der Waals surface area contributed by atoms with Crippen molar-refractivity contribution in [1.82, 2.24) is 4.90 Å². The lowest BCUT2D eigenvalue weighted by molar-refractivity contribution is 0.141. The van der Waals surface area contributed by atoms with Crippen LogP contribution in [-0.2, 0) is 6.42 Å². The second-order valence-electron chi connectivity index (χ2n) is 6.11. The number of hydrogen-bond donors (Lipinski definition) is 1. The zero-order valence-corrected chi connectivity index (χ0v) is 12.9. The molecule has 1 atom stereocenters. The SMILES string of the molecule is C.COc1cc(CCC(C)N2CCC(C)CC2)ccc1O. The first-order chi connectivity index (χ1) is 9.60. The van der Waals surface area contributed by atoms with Crippen molar-refractivity contribution in [3.8, 4) is 11.5 Å². The van der Waals surface area contributed by atoms with Gasteiger partial charge in [-0.2, -0.15) is 0 Å². The number of aromatic hydroxyl groups is 1. The van der Waals surface area contributed by atoms with Crippen LogP contribution >= 0.6 is 0 Å². The number of piperidine rings is 1. The van der Waals surface area contributed by atoms with Gasteiger partial charge < -0.3 is 14.7 Å². The van der Waals surface area contributed by atoms with Crippen LogP contribution in [0.4, 0.5) is 0 Å². The van der Waals surface area contributed by atoms with Gasteiger partial charge in [0.2, 0.25) is 0 Å². The van der Waals surface area contributed by atoms with Gasteiger partial charge in [0.25, 0.3) is 0 Å². The summed E-state index contributed by atoms with van der Waals surface area (Å²) in [4.78, 5) is 2.61. The van der Waals surface area contributed by atoms with Crippen molar-refractivity contribution in [3.63, 3.8) is 0 Å². The Hall–Kier alpha value is -1.22. The predicted octanol–water partition coefficient (Wildman–Crippen LogP) is 4.09. The van der Waals surface area contributed by atoms with E-state index in [1.165, 1.54) is 31.5 Å². The van der Waals surface area contributed by atoms with Gasteiger partial charge in [-0.25, -0.2) is 0 Å². The second kappa shape index (κ2) is 8.28. The standard InChI is InChI=1S/C17H27NO2.CH4/c1-13-8-10-18(11-9-13)14(2)4-5-15-6-7-16(19)17(12-15)20-3;/h6-7,12-14,19H,4-5,8-11H2,1-3H3;1H4. The number of nitrogens with zero attached hydrogens (tertiary/aromatic N) is 1. The van der Waals surface area contributed by atoms with Gasteiger partial charge in [0.1, 0.15) is 0 Å². The molecule has 0 bridgehead atoms. The van der Waals surface area contributed by atoms with E-state index in [1.807, 2.05) is 12.1 Å². The van der Waals surface area contributed by atoms with E-state index < -0.39 is 0 Å². The first-order valence-corrected chi connectivity index (χ1v) is 7.70. The van der Waals surface area contributed by atoms with Crippen molar-refractivity contribution in [2.45, 2.75) is 53.0 Å². The number of aryl methyl sites for hydroxylation is 1. The molecule has 0 aliphatic carbocycles. The molecule has 1 saturated heterocycles. The van der Waals surface area contributed by atoms with Crippen molar-refractivity contribution < 1.29 is 9.84 Å². The number of benzene rings is 1. The summed E-state index contributed by atoms with van der Waals surface area (Å²) in [6.45, 7) is 7.15.